The summed E-state index contributed by atoms with van der Waals surface area (Å²) < 4.78 is 0. The van der Waals surface area contributed by atoms with Crippen LogP contribution in [0, 0.1) is 0 Å². The summed E-state index contributed by atoms with van der Waals surface area (Å²) in [5.41, 5.74) is 8.83. The number of fused-ring (bicyclic) bond motifs is 1. The molecule has 2 aliphatic rings. The van der Waals surface area contributed by atoms with Gasteiger partial charge in [0.25, 0.3) is 0 Å². The molecule has 1 aromatic heterocycles. The SMILES string of the molecule is NC1CCN(C2CC2)C1c1cccc2cccnc12. The van der Waals surface area contributed by atoms with Gasteiger partial charge in [-0.3, -0.25) is 9.88 Å². The van der Waals surface area contributed by atoms with Crippen LogP contribution in [0.5, 0.6) is 0 Å². The van der Waals surface area contributed by atoms with Crippen LogP contribution < -0.4 is 5.73 Å². The van der Waals surface area contributed by atoms with Gasteiger partial charge in [-0.1, -0.05) is 24.3 Å². The van der Waals surface area contributed by atoms with Gasteiger partial charge in [0.2, 0.25) is 0 Å². The number of hydrogen-bond donors (Lipinski definition) is 1. The Morgan fingerprint density at radius 2 is 1.95 bits per heavy atom. The number of benzene rings is 1. The smallest absolute Gasteiger partial charge is 0.0750 e. The van der Waals surface area contributed by atoms with Crippen LogP contribution in [0.2, 0.25) is 0 Å². The molecule has 2 aromatic rings. The highest BCUT2D eigenvalue weighted by molar-refractivity contribution is 5.82. The van der Waals surface area contributed by atoms with Gasteiger partial charge in [0.05, 0.1) is 11.6 Å². The first-order valence-corrected chi connectivity index (χ1v) is 7.19. The average Bonchev–Trinajstić information content (AvgIpc) is 3.22. The Morgan fingerprint density at radius 3 is 2.79 bits per heavy atom. The van der Waals surface area contributed by atoms with Crippen molar-refractivity contribution in [2.24, 2.45) is 5.73 Å². The fourth-order valence-electron chi connectivity index (χ4n) is 3.43. The molecule has 4 rings (SSSR count). The van der Waals surface area contributed by atoms with Crippen molar-refractivity contribution in [3.05, 3.63) is 42.1 Å². The van der Waals surface area contributed by atoms with E-state index in [9.17, 15) is 0 Å². The Labute approximate surface area is 113 Å². The van der Waals surface area contributed by atoms with E-state index in [1.54, 1.807) is 0 Å². The summed E-state index contributed by atoms with van der Waals surface area (Å²) in [6, 6.07) is 12.0. The minimum atomic E-state index is 0.244. The highest BCUT2D eigenvalue weighted by atomic mass is 15.2. The summed E-state index contributed by atoms with van der Waals surface area (Å²) in [5, 5.41) is 1.22. The molecular weight excluding hydrogens is 234 g/mol. The molecule has 2 fully saturated rings. The van der Waals surface area contributed by atoms with E-state index in [2.05, 4.69) is 34.1 Å². The minimum Gasteiger partial charge on any atom is -0.326 e. The third-order valence-corrected chi connectivity index (χ3v) is 4.48. The number of pyridine rings is 1. The summed E-state index contributed by atoms with van der Waals surface area (Å²) in [6.45, 7) is 1.14. The normalized spacial score (nSPS) is 28.1. The number of para-hydroxylation sites is 1. The Kier molecular flexibility index (Phi) is 2.57. The van der Waals surface area contributed by atoms with E-state index >= 15 is 0 Å². The van der Waals surface area contributed by atoms with Gasteiger partial charge in [0.15, 0.2) is 0 Å². The van der Waals surface area contributed by atoms with Crippen molar-refractivity contribution in [2.75, 3.05) is 6.54 Å². The molecule has 1 aliphatic carbocycles. The molecule has 19 heavy (non-hydrogen) atoms. The van der Waals surface area contributed by atoms with Gasteiger partial charge in [0.1, 0.15) is 0 Å². The second kappa shape index (κ2) is 4.29. The molecule has 98 valence electrons. The Hall–Kier alpha value is -1.45. The molecule has 2 unspecified atom stereocenters. The Bertz CT molecular complexity index is 600. The van der Waals surface area contributed by atoms with E-state index < -0.39 is 0 Å². The van der Waals surface area contributed by atoms with Crippen LogP contribution in [0.25, 0.3) is 10.9 Å². The van der Waals surface area contributed by atoms with Gasteiger partial charge in [-0.15, -0.1) is 0 Å². The molecule has 1 saturated carbocycles. The average molecular weight is 253 g/mol. The number of nitrogens with zero attached hydrogens (tertiary/aromatic N) is 2. The predicted molar refractivity (Wildman–Crippen MR) is 76.8 cm³/mol. The zero-order valence-corrected chi connectivity index (χ0v) is 11.0. The first-order chi connectivity index (χ1) is 9.34. The molecule has 2 heterocycles. The number of aromatic nitrogens is 1. The number of rotatable bonds is 2. The van der Waals surface area contributed by atoms with Crippen molar-refractivity contribution in [1.82, 2.24) is 9.88 Å². The maximum absolute atomic E-state index is 6.39. The van der Waals surface area contributed by atoms with Crippen LogP contribution in [-0.4, -0.2) is 28.5 Å². The van der Waals surface area contributed by atoms with Gasteiger partial charge in [-0.25, -0.2) is 0 Å². The molecule has 0 amide bonds. The minimum absolute atomic E-state index is 0.244. The zero-order chi connectivity index (χ0) is 12.8. The van der Waals surface area contributed by atoms with Crippen LogP contribution in [0.3, 0.4) is 0 Å². The van der Waals surface area contributed by atoms with Crippen molar-refractivity contribution in [1.29, 1.82) is 0 Å². The second-order valence-electron chi connectivity index (χ2n) is 5.79. The molecule has 0 radical (unpaired) electrons. The Balaban J connectivity index is 1.84. The summed E-state index contributed by atoms with van der Waals surface area (Å²) in [6.07, 6.45) is 5.65. The van der Waals surface area contributed by atoms with E-state index in [1.807, 2.05) is 12.3 Å². The lowest BCUT2D eigenvalue weighted by atomic mass is 9.97. The summed E-state index contributed by atoms with van der Waals surface area (Å²) in [4.78, 5) is 7.20. The van der Waals surface area contributed by atoms with E-state index in [0.29, 0.717) is 6.04 Å². The van der Waals surface area contributed by atoms with E-state index in [0.717, 1.165) is 24.5 Å². The van der Waals surface area contributed by atoms with Crippen molar-refractivity contribution in [3.63, 3.8) is 0 Å². The van der Waals surface area contributed by atoms with E-state index in [1.165, 1.54) is 23.8 Å². The molecule has 0 bridgehead atoms. The molecular formula is C16H19N3. The van der Waals surface area contributed by atoms with Crippen molar-refractivity contribution in [3.8, 4) is 0 Å². The standard InChI is InChI=1S/C16H19N3/c17-14-8-10-19(12-6-7-12)16(14)13-5-1-3-11-4-2-9-18-15(11)13/h1-5,9,12,14,16H,6-8,10,17H2. The van der Waals surface area contributed by atoms with Crippen LogP contribution in [0.15, 0.2) is 36.5 Å². The van der Waals surface area contributed by atoms with Crippen LogP contribution >= 0.6 is 0 Å². The van der Waals surface area contributed by atoms with Gasteiger partial charge < -0.3 is 5.73 Å². The molecule has 2 N–H and O–H groups in total. The third kappa shape index (κ3) is 1.85. The highest BCUT2D eigenvalue weighted by Crippen LogP contribution is 2.41. The Morgan fingerprint density at radius 1 is 1.11 bits per heavy atom. The third-order valence-electron chi connectivity index (χ3n) is 4.48. The lowest BCUT2D eigenvalue weighted by molar-refractivity contribution is 0.238. The molecule has 0 spiro atoms. The predicted octanol–water partition coefficient (Wildman–Crippen LogP) is 2.47. The van der Waals surface area contributed by atoms with Gasteiger partial charge in [0, 0.05) is 30.2 Å². The summed E-state index contributed by atoms with van der Waals surface area (Å²) in [7, 11) is 0. The van der Waals surface area contributed by atoms with Crippen LogP contribution in [0.4, 0.5) is 0 Å². The molecule has 2 atom stereocenters. The van der Waals surface area contributed by atoms with Gasteiger partial charge in [-0.2, -0.15) is 0 Å². The van der Waals surface area contributed by atoms with Crippen molar-refractivity contribution < 1.29 is 0 Å². The molecule has 1 saturated heterocycles. The first-order valence-electron chi connectivity index (χ1n) is 7.19. The van der Waals surface area contributed by atoms with Gasteiger partial charge in [-0.05, 0) is 30.9 Å². The monoisotopic (exact) mass is 253 g/mol. The van der Waals surface area contributed by atoms with Crippen molar-refractivity contribution in [2.45, 2.75) is 37.4 Å². The number of likely N-dealkylation sites (tertiary alicyclic amines) is 1. The highest BCUT2D eigenvalue weighted by Gasteiger charge is 2.41. The van der Waals surface area contributed by atoms with Crippen molar-refractivity contribution >= 4 is 10.9 Å². The fraction of sp³-hybridized carbons (Fsp3) is 0.438. The molecule has 1 aliphatic heterocycles. The topological polar surface area (TPSA) is 42.1 Å². The number of nitrogens with two attached hydrogens (primary N) is 1. The number of hydrogen-bond acceptors (Lipinski definition) is 3. The molecule has 1 aromatic carbocycles. The molecule has 3 nitrogen and oxygen atoms in total. The quantitative estimate of drug-likeness (QED) is 0.894. The van der Waals surface area contributed by atoms with Crippen LogP contribution in [-0.2, 0) is 0 Å². The molecule has 3 heteroatoms. The second-order valence-corrected chi connectivity index (χ2v) is 5.79. The van der Waals surface area contributed by atoms with E-state index in [-0.39, 0.29) is 6.04 Å². The van der Waals surface area contributed by atoms with Crippen LogP contribution in [0.1, 0.15) is 30.9 Å². The fourth-order valence-corrected chi connectivity index (χ4v) is 3.43. The summed E-state index contributed by atoms with van der Waals surface area (Å²) >= 11 is 0. The van der Waals surface area contributed by atoms with E-state index in [4.69, 9.17) is 5.73 Å². The van der Waals surface area contributed by atoms with Gasteiger partial charge >= 0.3 is 0 Å². The summed E-state index contributed by atoms with van der Waals surface area (Å²) in [5.74, 6) is 0. The lowest BCUT2D eigenvalue weighted by Gasteiger charge is -2.27. The maximum atomic E-state index is 6.39. The first kappa shape index (κ1) is 11.4. The lowest BCUT2D eigenvalue weighted by Crippen LogP contribution is -2.33. The zero-order valence-electron chi connectivity index (χ0n) is 11.0. The largest absolute Gasteiger partial charge is 0.326 e. The maximum Gasteiger partial charge on any atom is 0.0750 e.